The molecule has 148 valence electrons. The molecule has 2 amide bonds. The van der Waals surface area contributed by atoms with E-state index in [-0.39, 0.29) is 23.8 Å². The highest BCUT2D eigenvalue weighted by molar-refractivity contribution is 6.33. The van der Waals surface area contributed by atoms with Gasteiger partial charge in [0.15, 0.2) is 11.6 Å². The van der Waals surface area contributed by atoms with Gasteiger partial charge in [-0.15, -0.1) is 0 Å². The molecule has 0 aliphatic carbocycles. The van der Waals surface area contributed by atoms with Crippen molar-refractivity contribution in [2.24, 2.45) is 0 Å². The Balaban J connectivity index is 2.01. The number of carbonyl (C=O) groups excluding carboxylic acids is 2. The summed E-state index contributed by atoms with van der Waals surface area (Å²) in [6.07, 6.45) is 4.67. The first-order valence-electron chi connectivity index (χ1n) is 9.02. The molecule has 10 heteroatoms. The average Bonchev–Trinajstić information content (AvgIpc) is 3.19. The minimum atomic E-state index is -0.448. The summed E-state index contributed by atoms with van der Waals surface area (Å²) in [5.74, 6) is 0.156. The molecule has 9 nitrogen and oxygen atoms in total. The summed E-state index contributed by atoms with van der Waals surface area (Å²) in [5, 5.41) is 21.4. The molecule has 0 saturated carbocycles. The third-order valence-electron chi connectivity index (χ3n) is 4.30. The Bertz CT molecular complexity index is 949. The maximum absolute atomic E-state index is 12.3. The number of hydrogen-bond donors (Lipinski definition) is 1. The highest BCUT2D eigenvalue weighted by Crippen LogP contribution is 2.32. The second kappa shape index (κ2) is 7.64. The number of hydrogen-bond acceptors (Lipinski definition) is 5. The fraction of sp³-hybridized carbons (Fsp3) is 0.500. The number of aromatic nitrogens is 4. The van der Waals surface area contributed by atoms with Crippen LogP contribution >= 0.6 is 11.6 Å². The van der Waals surface area contributed by atoms with Crippen LogP contribution in [0.5, 0.6) is 0 Å². The van der Waals surface area contributed by atoms with Gasteiger partial charge in [-0.05, 0) is 40.0 Å². The van der Waals surface area contributed by atoms with E-state index < -0.39 is 5.54 Å². The summed E-state index contributed by atoms with van der Waals surface area (Å²) in [5.41, 5.74) is 0.611. The Kier molecular flexibility index (Phi) is 5.42. The van der Waals surface area contributed by atoms with Gasteiger partial charge < -0.3 is 5.32 Å². The fourth-order valence-corrected chi connectivity index (χ4v) is 3.51. The van der Waals surface area contributed by atoms with Crippen LogP contribution in [-0.4, -0.2) is 44.0 Å². The first-order chi connectivity index (χ1) is 13.2. The van der Waals surface area contributed by atoms with E-state index in [0.717, 1.165) is 36.4 Å². The highest BCUT2D eigenvalue weighted by Gasteiger charge is 2.27. The van der Waals surface area contributed by atoms with Crippen LogP contribution in [0.1, 0.15) is 44.9 Å². The quantitative estimate of drug-likeness (QED) is 0.765. The molecule has 0 bridgehead atoms. The summed E-state index contributed by atoms with van der Waals surface area (Å²) < 4.78 is 3.18. The number of amides is 2. The van der Waals surface area contributed by atoms with E-state index in [9.17, 15) is 14.9 Å². The average molecular weight is 404 g/mol. The number of halogens is 1. The van der Waals surface area contributed by atoms with E-state index >= 15 is 0 Å². The number of nitriles is 1. The number of aryl methyl sites for hydroxylation is 1. The molecule has 0 atom stereocenters. The van der Waals surface area contributed by atoms with Crippen molar-refractivity contribution in [1.82, 2.24) is 24.9 Å². The van der Waals surface area contributed by atoms with Gasteiger partial charge in [0.05, 0.1) is 11.9 Å². The first kappa shape index (κ1) is 19.9. The largest absolute Gasteiger partial charge is 0.350 e. The topological polar surface area (TPSA) is 109 Å². The SMILES string of the molecule is CC(C)(C)NC(=O)CN(C=O)c1c(C#N)cnn1-c1nn2c(c1Cl)CCCC2. The van der Waals surface area contributed by atoms with Crippen LogP contribution in [0.4, 0.5) is 5.82 Å². The molecule has 3 rings (SSSR count). The summed E-state index contributed by atoms with van der Waals surface area (Å²) >= 11 is 6.53. The Hall–Kier alpha value is -2.86. The van der Waals surface area contributed by atoms with Crippen LogP contribution < -0.4 is 10.2 Å². The van der Waals surface area contributed by atoms with Crippen molar-refractivity contribution in [2.75, 3.05) is 11.4 Å². The summed E-state index contributed by atoms with van der Waals surface area (Å²) in [6, 6.07) is 2.01. The molecule has 1 aliphatic rings. The first-order valence-corrected chi connectivity index (χ1v) is 9.39. The Morgan fingerprint density at radius 2 is 2.21 bits per heavy atom. The standard InChI is InChI=1S/C18H22ClN7O2/c1-18(2,3)22-14(28)10-24(11-27)17-12(8-20)9-21-26(17)16-15(19)13-6-4-5-7-25(13)23-16/h9,11H,4-7,10H2,1-3H3,(H,22,28). The third-order valence-corrected chi connectivity index (χ3v) is 4.69. The molecule has 2 aromatic rings. The van der Waals surface area contributed by atoms with E-state index in [0.29, 0.717) is 17.3 Å². The molecular formula is C18H22ClN7O2. The molecule has 28 heavy (non-hydrogen) atoms. The van der Waals surface area contributed by atoms with Crippen molar-refractivity contribution < 1.29 is 9.59 Å². The summed E-state index contributed by atoms with van der Waals surface area (Å²) in [7, 11) is 0. The van der Waals surface area contributed by atoms with Gasteiger partial charge in [0.2, 0.25) is 12.3 Å². The molecule has 2 aromatic heterocycles. The monoisotopic (exact) mass is 403 g/mol. The number of fused-ring (bicyclic) bond motifs is 1. The lowest BCUT2D eigenvalue weighted by molar-refractivity contribution is -0.122. The second-order valence-corrected chi connectivity index (χ2v) is 8.08. The molecule has 0 saturated heterocycles. The third kappa shape index (κ3) is 3.87. The molecule has 1 aliphatic heterocycles. The Morgan fingerprint density at radius 1 is 1.46 bits per heavy atom. The van der Waals surface area contributed by atoms with Crippen molar-refractivity contribution in [3.05, 3.63) is 22.5 Å². The lowest BCUT2D eigenvalue weighted by atomic mass is 10.1. The predicted octanol–water partition coefficient (Wildman–Crippen LogP) is 1.81. The zero-order valence-electron chi connectivity index (χ0n) is 16.1. The van der Waals surface area contributed by atoms with Gasteiger partial charge in [-0.1, -0.05) is 11.6 Å². The van der Waals surface area contributed by atoms with E-state index in [4.69, 9.17) is 11.6 Å². The molecule has 1 N–H and O–H groups in total. The molecule has 3 heterocycles. The molecule has 0 fully saturated rings. The van der Waals surface area contributed by atoms with E-state index in [2.05, 4.69) is 15.5 Å². The molecule has 0 spiro atoms. The van der Waals surface area contributed by atoms with Crippen molar-refractivity contribution >= 4 is 29.7 Å². The lowest BCUT2D eigenvalue weighted by Crippen LogP contribution is -2.46. The van der Waals surface area contributed by atoms with Gasteiger partial charge in [-0.3, -0.25) is 19.2 Å². The van der Waals surface area contributed by atoms with Crippen LogP contribution in [0.15, 0.2) is 6.20 Å². The zero-order chi connectivity index (χ0) is 20.5. The zero-order valence-corrected chi connectivity index (χ0v) is 16.8. The normalized spacial score (nSPS) is 13.5. The smallest absolute Gasteiger partial charge is 0.240 e. The fourth-order valence-electron chi connectivity index (χ4n) is 3.20. The van der Waals surface area contributed by atoms with Crippen molar-refractivity contribution in [2.45, 2.75) is 52.1 Å². The number of anilines is 1. The van der Waals surface area contributed by atoms with Gasteiger partial charge in [0.1, 0.15) is 23.2 Å². The maximum Gasteiger partial charge on any atom is 0.240 e. The van der Waals surface area contributed by atoms with Gasteiger partial charge in [0, 0.05) is 12.1 Å². The number of nitrogens with zero attached hydrogens (tertiary/aromatic N) is 6. The van der Waals surface area contributed by atoms with E-state index in [1.807, 2.05) is 31.5 Å². The van der Waals surface area contributed by atoms with Gasteiger partial charge in [-0.2, -0.15) is 20.1 Å². The van der Waals surface area contributed by atoms with E-state index in [1.54, 1.807) is 0 Å². The van der Waals surface area contributed by atoms with E-state index in [1.165, 1.54) is 10.9 Å². The van der Waals surface area contributed by atoms with Gasteiger partial charge in [-0.25, -0.2) is 0 Å². The van der Waals surface area contributed by atoms with Crippen molar-refractivity contribution in [3.8, 4) is 11.9 Å². The summed E-state index contributed by atoms with van der Waals surface area (Å²) in [6.45, 7) is 6.03. The lowest BCUT2D eigenvalue weighted by Gasteiger charge is -2.23. The summed E-state index contributed by atoms with van der Waals surface area (Å²) in [4.78, 5) is 25.2. The molecule has 0 unspecified atom stereocenters. The minimum Gasteiger partial charge on any atom is -0.350 e. The van der Waals surface area contributed by atoms with Crippen LogP contribution in [0.25, 0.3) is 5.82 Å². The van der Waals surface area contributed by atoms with Gasteiger partial charge in [0.25, 0.3) is 0 Å². The molecule has 0 radical (unpaired) electrons. The minimum absolute atomic E-state index is 0.151. The Morgan fingerprint density at radius 3 is 2.82 bits per heavy atom. The maximum atomic E-state index is 12.3. The van der Waals surface area contributed by atoms with Crippen LogP contribution in [0.3, 0.4) is 0 Å². The van der Waals surface area contributed by atoms with Crippen molar-refractivity contribution in [1.29, 1.82) is 5.26 Å². The number of nitrogens with one attached hydrogen (secondary N) is 1. The highest BCUT2D eigenvalue weighted by atomic mass is 35.5. The predicted molar refractivity (Wildman–Crippen MR) is 103 cm³/mol. The molecular weight excluding hydrogens is 382 g/mol. The van der Waals surface area contributed by atoms with Crippen LogP contribution in [0.2, 0.25) is 5.02 Å². The Labute approximate surface area is 167 Å². The van der Waals surface area contributed by atoms with Crippen LogP contribution in [-0.2, 0) is 22.6 Å². The molecule has 0 aromatic carbocycles. The van der Waals surface area contributed by atoms with Crippen molar-refractivity contribution in [3.63, 3.8) is 0 Å². The number of carbonyl (C=O) groups is 2. The van der Waals surface area contributed by atoms with Crippen LogP contribution in [0, 0.1) is 11.3 Å². The van der Waals surface area contributed by atoms with Gasteiger partial charge >= 0.3 is 0 Å². The second-order valence-electron chi connectivity index (χ2n) is 7.70. The number of rotatable bonds is 5.